The number of hydrogen-bond donors (Lipinski definition) is 2. The second kappa shape index (κ2) is 11.8. The second-order valence-electron chi connectivity index (χ2n) is 11.3. The molecule has 0 bridgehead atoms. The maximum absolute atomic E-state index is 13.3. The number of benzene rings is 2. The van der Waals surface area contributed by atoms with Crippen LogP contribution in [0.3, 0.4) is 0 Å². The first-order chi connectivity index (χ1) is 20.0. The SMILES string of the molecule is Cc1cc(C(=O)N2CCC(O)CC2)cc(C)c1C=CS(=O)(=O)N1CCC2(CC1)N=C(c1cccc(CC#N)c1)NC2=O. The van der Waals surface area contributed by atoms with E-state index in [1.54, 1.807) is 23.1 Å². The Hall–Kier alpha value is -3.85. The number of nitriles is 1. The van der Waals surface area contributed by atoms with Crippen LogP contribution >= 0.6 is 0 Å². The third kappa shape index (κ3) is 6.02. The zero-order valence-corrected chi connectivity index (χ0v) is 24.7. The van der Waals surface area contributed by atoms with Gasteiger partial charge in [0, 0.05) is 42.7 Å². The smallest absolute Gasteiger partial charge is 0.253 e. The fraction of sp³-hybridized carbons (Fsp3) is 0.419. The Bertz CT molecular complexity index is 1590. The summed E-state index contributed by atoms with van der Waals surface area (Å²) in [6.45, 7) is 5.04. The van der Waals surface area contributed by atoms with Crippen LogP contribution in [-0.4, -0.2) is 78.2 Å². The van der Waals surface area contributed by atoms with Crippen LogP contribution in [0, 0.1) is 25.2 Å². The van der Waals surface area contributed by atoms with Crippen molar-refractivity contribution in [3.8, 4) is 6.07 Å². The lowest BCUT2D eigenvalue weighted by atomic mass is 9.89. The standard InChI is InChI=1S/C31H35N5O5S/c1-21-18-25(29(38)35-13-7-26(37)8-14-35)19-22(2)27(21)9-17-42(40,41)36-15-10-31(11-16-36)30(39)33-28(34-31)24-5-3-4-23(20-24)6-12-32/h3-5,9,17-20,26,37H,6-8,10-11,13-16H2,1-2H3,(H,33,34,39). The first-order valence-corrected chi connectivity index (χ1v) is 15.7. The summed E-state index contributed by atoms with van der Waals surface area (Å²) in [6.07, 6.45) is 3.11. The number of amides is 2. The minimum atomic E-state index is -3.76. The van der Waals surface area contributed by atoms with E-state index in [1.807, 2.05) is 38.1 Å². The molecule has 0 aromatic heterocycles. The van der Waals surface area contributed by atoms with Crippen molar-refractivity contribution in [2.45, 2.75) is 57.6 Å². The number of amidine groups is 1. The molecule has 2 amide bonds. The fourth-order valence-corrected chi connectivity index (χ4v) is 7.05. The molecule has 1 spiro atoms. The molecule has 11 heteroatoms. The number of aryl methyl sites for hydroxylation is 2. The number of nitrogens with zero attached hydrogens (tertiary/aromatic N) is 4. The molecule has 2 aromatic carbocycles. The van der Waals surface area contributed by atoms with E-state index in [1.165, 1.54) is 9.71 Å². The predicted molar refractivity (Wildman–Crippen MR) is 159 cm³/mol. The van der Waals surface area contributed by atoms with E-state index in [9.17, 15) is 23.1 Å². The number of carbonyl (C=O) groups excluding carboxylic acids is 2. The van der Waals surface area contributed by atoms with Crippen molar-refractivity contribution in [3.63, 3.8) is 0 Å². The van der Waals surface area contributed by atoms with Crippen LogP contribution in [0.5, 0.6) is 0 Å². The maximum Gasteiger partial charge on any atom is 0.253 e. The van der Waals surface area contributed by atoms with Crippen LogP contribution in [0.1, 0.15) is 63.9 Å². The molecule has 10 nitrogen and oxygen atoms in total. The van der Waals surface area contributed by atoms with Crippen LogP contribution in [0.25, 0.3) is 6.08 Å². The molecule has 0 unspecified atom stereocenters. The summed E-state index contributed by atoms with van der Waals surface area (Å²) >= 11 is 0. The number of aliphatic hydroxyl groups is 1. The number of nitrogens with one attached hydrogen (secondary N) is 1. The molecule has 3 aliphatic heterocycles. The van der Waals surface area contributed by atoms with Gasteiger partial charge in [0.05, 0.1) is 18.6 Å². The van der Waals surface area contributed by atoms with Gasteiger partial charge in [-0.15, -0.1) is 0 Å². The lowest BCUT2D eigenvalue weighted by Gasteiger charge is -2.34. The van der Waals surface area contributed by atoms with Crippen molar-refractivity contribution in [3.05, 3.63) is 75.2 Å². The number of likely N-dealkylation sites (tertiary alicyclic amines) is 1. The van der Waals surface area contributed by atoms with Crippen molar-refractivity contribution < 1.29 is 23.1 Å². The molecule has 0 saturated carbocycles. The van der Waals surface area contributed by atoms with Crippen LogP contribution < -0.4 is 5.32 Å². The Labute approximate surface area is 246 Å². The van der Waals surface area contributed by atoms with Crippen molar-refractivity contribution in [1.29, 1.82) is 5.26 Å². The molecule has 3 aliphatic rings. The molecule has 3 heterocycles. The number of sulfonamides is 1. The van der Waals surface area contributed by atoms with E-state index in [2.05, 4.69) is 11.4 Å². The highest BCUT2D eigenvalue weighted by molar-refractivity contribution is 7.92. The largest absolute Gasteiger partial charge is 0.393 e. The minimum absolute atomic E-state index is 0.0878. The van der Waals surface area contributed by atoms with Crippen LogP contribution in [0.2, 0.25) is 0 Å². The number of aliphatic imine (C=N–C) groups is 1. The Morgan fingerprint density at radius 1 is 1.14 bits per heavy atom. The minimum Gasteiger partial charge on any atom is -0.393 e. The summed E-state index contributed by atoms with van der Waals surface area (Å²) in [6, 6.07) is 13.0. The van der Waals surface area contributed by atoms with Gasteiger partial charge in [-0.05, 0) is 86.1 Å². The molecule has 0 radical (unpaired) electrons. The second-order valence-corrected chi connectivity index (χ2v) is 13.1. The maximum atomic E-state index is 13.3. The third-order valence-corrected chi connectivity index (χ3v) is 9.94. The lowest BCUT2D eigenvalue weighted by Crippen LogP contribution is -2.50. The van der Waals surface area contributed by atoms with E-state index in [-0.39, 0.29) is 50.3 Å². The van der Waals surface area contributed by atoms with E-state index in [0.717, 1.165) is 27.8 Å². The highest BCUT2D eigenvalue weighted by atomic mass is 32.2. The van der Waals surface area contributed by atoms with E-state index in [0.29, 0.717) is 37.3 Å². The molecule has 5 rings (SSSR count). The quantitative estimate of drug-likeness (QED) is 0.530. The average molecular weight is 590 g/mol. The van der Waals surface area contributed by atoms with E-state index < -0.39 is 15.6 Å². The van der Waals surface area contributed by atoms with Gasteiger partial charge >= 0.3 is 0 Å². The number of hydrogen-bond acceptors (Lipinski definition) is 7. The third-order valence-electron chi connectivity index (χ3n) is 8.37. The summed E-state index contributed by atoms with van der Waals surface area (Å²) in [5.41, 5.74) is 3.41. The van der Waals surface area contributed by atoms with Crippen molar-refractivity contribution >= 4 is 33.7 Å². The number of carbonyl (C=O) groups is 2. The lowest BCUT2D eigenvalue weighted by molar-refractivity contribution is -0.124. The molecular weight excluding hydrogens is 554 g/mol. The van der Waals surface area contributed by atoms with Gasteiger partial charge in [0.15, 0.2) is 0 Å². The fourth-order valence-electron chi connectivity index (χ4n) is 5.88. The molecule has 220 valence electrons. The summed E-state index contributed by atoms with van der Waals surface area (Å²) in [4.78, 5) is 32.4. The number of rotatable bonds is 6. The zero-order valence-electron chi connectivity index (χ0n) is 23.8. The summed E-state index contributed by atoms with van der Waals surface area (Å²) in [5.74, 6) is 0.120. The van der Waals surface area contributed by atoms with Crippen LogP contribution in [0.4, 0.5) is 0 Å². The van der Waals surface area contributed by atoms with Crippen molar-refractivity contribution in [2.24, 2.45) is 4.99 Å². The van der Waals surface area contributed by atoms with Gasteiger partial charge in [-0.2, -0.15) is 9.57 Å². The zero-order chi connectivity index (χ0) is 30.1. The Morgan fingerprint density at radius 3 is 2.45 bits per heavy atom. The monoisotopic (exact) mass is 589 g/mol. The van der Waals surface area contributed by atoms with E-state index >= 15 is 0 Å². The van der Waals surface area contributed by atoms with Crippen molar-refractivity contribution in [2.75, 3.05) is 26.2 Å². The molecule has 42 heavy (non-hydrogen) atoms. The Morgan fingerprint density at radius 2 is 1.81 bits per heavy atom. The van der Waals surface area contributed by atoms with Gasteiger partial charge in [0.25, 0.3) is 11.8 Å². The van der Waals surface area contributed by atoms with Crippen molar-refractivity contribution in [1.82, 2.24) is 14.5 Å². The topological polar surface area (TPSA) is 143 Å². The van der Waals surface area contributed by atoms with Gasteiger partial charge in [-0.25, -0.2) is 8.42 Å². The van der Waals surface area contributed by atoms with Crippen LogP contribution in [0.15, 0.2) is 46.8 Å². The van der Waals surface area contributed by atoms with Gasteiger partial charge < -0.3 is 15.3 Å². The van der Waals surface area contributed by atoms with Gasteiger partial charge in [0.2, 0.25) is 10.0 Å². The van der Waals surface area contributed by atoms with Gasteiger partial charge in [-0.1, -0.05) is 18.2 Å². The molecule has 2 saturated heterocycles. The van der Waals surface area contributed by atoms with Gasteiger partial charge in [-0.3, -0.25) is 14.6 Å². The molecule has 0 aliphatic carbocycles. The van der Waals surface area contributed by atoms with Crippen LogP contribution in [-0.2, 0) is 21.2 Å². The summed E-state index contributed by atoms with van der Waals surface area (Å²) < 4.78 is 27.9. The normalized spacial score (nSPS) is 19.6. The summed E-state index contributed by atoms with van der Waals surface area (Å²) in [7, 11) is -3.76. The van der Waals surface area contributed by atoms with Gasteiger partial charge in [0.1, 0.15) is 11.4 Å². The Balaban J connectivity index is 1.26. The highest BCUT2D eigenvalue weighted by Gasteiger charge is 2.47. The number of piperidine rings is 2. The molecule has 2 N–H and O–H groups in total. The number of aliphatic hydroxyl groups excluding tert-OH is 1. The summed E-state index contributed by atoms with van der Waals surface area (Å²) in [5, 5.41) is 22.8. The first kappa shape index (κ1) is 29.6. The molecule has 2 fully saturated rings. The highest BCUT2D eigenvalue weighted by Crippen LogP contribution is 2.32. The average Bonchev–Trinajstić information content (AvgIpc) is 3.28. The molecular formula is C31H35N5O5S. The Kier molecular flexibility index (Phi) is 8.32. The molecule has 2 aromatic rings. The van der Waals surface area contributed by atoms with E-state index in [4.69, 9.17) is 10.3 Å². The first-order valence-electron chi connectivity index (χ1n) is 14.2. The molecule has 0 atom stereocenters. The predicted octanol–water partition coefficient (Wildman–Crippen LogP) is 2.68.